The zero-order valence-electron chi connectivity index (χ0n) is 8.96. The van der Waals surface area contributed by atoms with Crippen molar-refractivity contribution in [1.29, 1.82) is 0 Å². The van der Waals surface area contributed by atoms with Gasteiger partial charge in [-0.1, -0.05) is 13.8 Å². The maximum absolute atomic E-state index is 11.4. The van der Waals surface area contributed by atoms with Crippen LogP contribution in [0.2, 0.25) is 0 Å². The molecule has 0 saturated carbocycles. The third-order valence-electron chi connectivity index (χ3n) is 1.94. The number of aromatic nitrogens is 1. The Balaban J connectivity index is 2.41. The minimum absolute atomic E-state index is 0.0393. The zero-order valence-corrected chi connectivity index (χ0v) is 11.1. The van der Waals surface area contributed by atoms with Crippen LogP contribution in [0.5, 0.6) is 0 Å². The molecule has 1 rings (SSSR count). The Labute approximate surface area is 104 Å². The van der Waals surface area contributed by atoms with Crippen LogP contribution in [0.4, 0.5) is 5.82 Å². The normalized spacial score (nSPS) is 10.4. The molecule has 0 aliphatic rings. The van der Waals surface area contributed by atoms with Gasteiger partial charge < -0.3 is 5.32 Å². The topological polar surface area (TPSA) is 42.0 Å². The van der Waals surface area contributed by atoms with Gasteiger partial charge in [-0.3, -0.25) is 4.79 Å². The van der Waals surface area contributed by atoms with Crippen LogP contribution in [0.3, 0.4) is 0 Å². The predicted molar refractivity (Wildman–Crippen MR) is 69.7 cm³/mol. The molecule has 0 atom stereocenters. The molecule has 0 spiro atoms. The molecule has 0 unspecified atom stereocenters. The van der Waals surface area contributed by atoms with Crippen molar-refractivity contribution in [2.75, 3.05) is 5.32 Å². The van der Waals surface area contributed by atoms with Crippen molar-refractivity contribution in [1.82, 2.24) is 4.98 Å². The van der Waals surface area contributed by atoms with Crippen molar-refractivity contribution in [3.63, 3.8) is 0 Å². The van der Waals surface area contributed by atoms with Gasteiger partial charge in [0.05, 0.1) is 0 Å². The van der Waals surface area contributed by atoms with Crippen LogP contribution in [0.25, 0.3) is 0 Å². The van der Waals surface area contributed by atoms with E-state index in [1.54, 1.807) is 6.20 Å². The van der Waals surface area contributed by atoms with Crippen LogP contribution < -0.4 is 5.32 Å². The lowest BCUT2D eigenvalue weighted by molar-refractivity contribution is -0.116. The van der Waals surface area contributed by atoms with Gasteiger partial charge in [0.25, 0.3) is 0 Å². The molecule has 3 nitrogen and oxygen atoms in total. The summed E-state index contributed by atoms with van der Waals surface area (Å²) in [4.78, 5) is 15.6. The van der Waals surface area contributed by atoms with Gasteiger partial charge >= 0.3 is 0 Å². The molecule has 0 aliphatic carbocycles. The Morgan fingerprint density at radius 2 is 2.27 bits per heavy atom. The molecule has 0 aromatic carbocycles. The predicted octanol–water partition coefficient (Wildman–Crippen LogP) is 3.06. The molecule has 82 valence electrons. The summed E-state index contributed by atoms with van der Waals surface area (Å²) < 4.78 is 1.06. The van der Waals surface area contributed by atoms with E-state index in [0.29, 0.717) is 18.2 Å². The molecule has 1 aromatic rings. The molecule has 1 aromatic heterocycles. The lowest BCUT2D eigenvalue weighted by Crippen LogP contribution is -2.13. The summed E-state index contributed by atoms with van der Waals surface area (Å²) in [5.41, 5.74) is 0. The zero-order chi connectivity index (χ0) is 11.3. The lowest BCUT2D eigenvalue weighted by Gasteiger charge is -2.05. The molecule has 15 heavy (non-hydrogen) atoms. The van der Waals surface area contributed by atoms with E-state index in [0.717, 1.165) is 9.99 Å². The molecule has 1 heterocycles. The Bertz CT molecular complexity index is 322. The van der Waals surface area contributed by atoms with E-state index in [-0.39, 0.29) is 5.91 Å². The average molecular weight is 318 g/mol. The molecule has 1 N–H and O–H groups in total. The fourth-order valence-corrected chi connectivity index (χ4v) is 1.39. The smallest absolute Gasteiger partial charge is 0.225 e. The Hall–Kier alpha value is -0.650. The van der Waals surface area contributed by atoms with Gasteiger partial charge in [0, 0.05) is 16.2 Å². The standard InChI is InChI=1S/C11H15IN2O/c1-8(2)3-6-11(15)14-10-5-4-9(12)7-13-10/h4-5,7-8H,3,6H2,1-2H3,(H,13,14,15). The highest BCUT2D eigenvalue weighted by Gasteiger charge is 2.04. The second kappa shape index (κ2) is 6.05. The molecule has 0 fully saturated rings. The number of nitrogens with one attached hydrogen (secondary N) is 1. The minimum Gasteiger partial charge on any atom is -0.311 e. The fraction of sp³-hybridized carbons (Fsp3) is 0.455. The molecule has 0 bridgehead atoms. The van der Waals surface area contributed by atoms with E-state index < -0.39 is 0 Å². The summed E-state index contributed by atoms with van der Waals surface area (Å²) >= 11 is 2.18. The number of amides is 1. The summed E-state index contributed by atoms with van der Waals surface area (Å²) in [5, 5.41) is 2.77. The highest BCUT2D eigenvalue weighted by atomic mass is 127. The van der Waals surface area contributed by atoms with E-state index >= 15 is 0 Å². The van der Waals surface area contributed by atoms with Gasteiger partial charge in [0.1, 0.15) is 5.82 Å². The average Bonchev–Trinajstić information content (AvgIpc) is 2.19. The van der Waals surface area contributed by atoms with E-state index in [1.165, 1.54) is 0 Å². The number of carbonyl (C=O) groups excluding carboxylic acids is 1. The quantitative estimate of drug-likeness (QED) is 0.867. The summed E-state index contributed by atoms with van der Waals surface area (Å²) in [5.74, 6) is 1.22. The summed E-state index contributed by atoms with van der Waals surface area (Å²) in [7, 11) is 0. The number of anilines is 1. The van der Waals surface area contributed by atoms with Gasteiger partial charge in [-0.15, -0.1) is 0 Å². The lowest BCUT2D eigenvalue weighted by atomic mass is 10.1. The summed E-state index contributed by atoms with van der Waals surface area (Å²) in [6.07, 6.45) is 3.21. The van der Waals surface area contributed by atoms with Crippen molar-refractivity contribution in [3.8, 4) is 0 Å². The first-order valence-electron chi connectivity index (χ1n) is 4.99. The van der Waals surface area contributed by atoms with Gasteiger partial charge in [0.2, 0.25) is 5.91 Å². The summed E-state index contributed by atoms with van der Waals surface area (Å²) in [6.45, 7) is 4.22. The third-order valence-corrected chi connectivity index (χ3v) is 2.58. The van der Waals surface area contributed by atoms with Crippen LogP contribution in [0, 0.1) is 9.49 Å². The highest BCUT2D eigenvalue weighted by molar-refractivity contribution is 14.1. The highest BCUT2D eigenvalue weighted by Crippen LogP contribution is 2.09. The number of rotatable bonds is 4. The number of halogens is 1. The Morgan fingerprint density at radius 3 is 2.80 bits per heavy atom. The first kappa shape index (κ1) is 12.4. The fourth-order valence-electron chi connectivity index (χ4n) is 1.07. The van der Waals surface area contributed by atoms with Gasteiger partial charge in [-0.25, -0.2) is 4.98 Å². The molecule has 0 radical (unpaired) electrons. The summed E-state index contributed by atoms with van der Waals surface area (Å²) in [6, 6.07) is 3.74. The van der Waals surface area contributed by atoms with Gasteiger partial charge in [-0.05, 0) is 47.1 Å². The number of hydrogen-bond donors (Lipinski definition) is 1. The van der Waals surface area contributed by atoms with Crippen LogP contribution in [0.15, 0.2) is 18.3 Å². The third kappa shape index (κ3) is 5.11. The molecule has 0 aliphatic heterocycles. The molecule has 0 saturated heterocycles. The van der Waals surface area contributed by atoms with E-state index in [9.17, 15) is 4.79 Å². The van der Waals surface area contributed by atoms with Crippen LogP contribution in [-0.4, -0.2) is 10.9 Å². The van der Waals surface area contributed by atoms with Crippen molar-refractivity contribution in [2.24, 2.45) is 5.92 Å². The van der Waals surface area contributed by atoms with Gasteiger partial charge in [0.15, 0.2) is 0 Å². The number of pyridine rings is 1. The molecule has 4 heteroatoms. The first-order chi connectivity index (χ1) is 7.08. The molecular formula is C11H15IN2O. The van der Waals surface area contributed by atoms with Gasteiger partial charge in [-0.2, -0.15) is 0 Å². The van der Waals surface area contributed by atoms with Crippen LogP contribution in [-0.2, 0) is 4.79 Å². The number of carbonyl (C=O) groups is 1. The second-order valence-corrected chi connectivity index (χ2v) is 5.09. The monoisotopic (exact) mass is 318 g/mol. The second-order valence-electron chi connectivity index (χ2n) is 3.84. The van der Waals surface area contributed by atoms with Crippen molar-refractivity contribution in [3.05, 3.63) is 21.9 Å². The van der Waals surface area contributed by atoms with Crippen molar-refractivity contribution in [2.45, 2.75) is 26.7 Å². The number of hydrogen-bond acceptors (Lipinski definition) is 2. The SMILES string of the molecule is CC(C)CCC(=O)Nc1ccc(I)cn1. The molecule has 1 amide bonds. The van der Waals surface area contributed by atoms with Crippen LogP contribution >= 0.6 is 22.6 Å². The van der Waals surface area contributed by atoms with Crippen molar-refractivity contribution < 1.29 is 4.79 Å². The van der Waals surface area contributed by atoms with E-state index in [4.69, 9.17) is 0 Å². The van der Waals surface area contributed by atoms with Crippen LogP contribution in [0.1, 0.15) is 26.7 Å². The Kier molecular flexibility index (Phi) is 5.01. The number of nitrogens with zero attached hydrogens (tertiary/aromatic N) is 1. The largest absolute Gasteiger partial charge is 0.311 e. The van der Waals surface area contributed by atoms with Crippen molar-refractivity contribution >= 4 is 34.3 Å². The first-order valence-corrected chi connectivity index (χ1v) is 6.07. The Morgan fingerprint density at radius 1 is 1.53 bits per heavy atom. The maximum Gasteiger partial charge on any atom is 0.225 e. The van der Waals surface area contributed by atoms with E-state index in [1.807, 2.05) is 12.1 Å². The minimum atomic E-state index is 0.0393. The molecular weight excluding hydrogens is 303 g/mol. The maximum atomic E-state index is 11.4. The van der Waals surface area contributed by atoms with E-state index in [2.05, 4.69) is 46.7 Å².